The molecule has 0 spiro atoms. The summed E-state index contributed by atoms with van der Waals surface area (Å²) >= 11 is 0. The van der Waals surface area contributed by atoms with Gasteiger partial charge in [-0.15, -0.1) is 0 Å². The van der Waals surface area contributed by atoms with Crippen LogP contribution >= 0.6 is 0 Å². The van der Waals surface area contributed by atoms with Gasteiger partial charge >= 0.3 is 0 Å². The lowest BCUT2D eigenvalue weighted by Gasteiger charge is -2.28. The molecule has 0 fully saturated rings. The van der Waals surface area contributed by atoms with Crippen molar-refractivity contribution in [3.8, 4) is 5.75 Å². The van der Waals surface area contributed by atoms with Crippen LogP contribution in [0.3, 0.4) is 0 Å². The molecule has 3 rings (SSSR count). The van der Waals surface area contributed by atoms with E-state index in [0.29, 0.717) is 0 Å². The van der Waals surface area contributed by atoms with Crippen molar-refractivity contribution in [1.29, 1.82) is 0 Å². The summed E-state index contributed by atoms with van der Waals surface area (Å²) in [6.07, 6.45) is 0. The van der Waals surface area contributed by atoms with Gasteiger partial charge in [0.2, 0.25) is 0 Å². The Hall–Kier alpha value is -2.74. The first-order valence-corrected chi connectivity index (χ1v) is 8.20. The normalized spacial score (nSPS) is 11.3. The van der Waals surface area contributed by atoms with Crippen LogP contribution in [0.1, 0.15) is 26.3 Å². The summed E-state index contributed by atoms with van der Waals surface area (Å²) < 4.78 is 0. The third-order valence-corrected chi connectivity index (χ3v) is 4.11. The molecule has 3 aromatic rings. The number of rotatable bonds is 3. The maximum Gasteiger partial charge on any atom is 0.139 e. The number of hydrogen-bond donors (Lipinski definition) is 1. The monoisotopic (exact) mass is 317 g/mol. The molecule has 0 radical (unpaired) electrons. The molecule has 0 aromatic heterocycles. The Morgan fingerprint density at radius 1 is 0.708 bits per heavy atom. The Bertz CT molecular complexity index is 765. The topological polar surface area (TPSA) is 23.5 Å². The van der Waals surface area contributed by atoms with Crippen molar-refractivity contribution >= 4 is 17.1 Å². The summed E-state index contributed by atoms with van der Waals surface area (Å²) in [6, 6.07) is 26.1. The first-order valence-electron chi connectivity index (χ1n) is 8.20. The standard InChI is InChI=1S/C22H23NO/c1-22(2,3)17-14-15-21(24)20(16-17)23(18-10-6-4-7-11-18)19-12-8-5-9-13-19/h4-16,24H,1-3H3. The summed E-state index contributed by atoms with van der Waals surface area (Å²) in [4.78, 5) is 2.09. The second-order valence-corrected chi connectivity index (χ2v) is 6.96. The number of para-hydroxylation sites is 2. The second kappa shape index (κ2) is 6.40. The number of anilines is 3. The Kier molecular flexibility index (Phi) is 4.30. The van der Waals surface area contributed by atoms with Crippen molar-refractivity contribution in [3.05, 3.63) is 84.4 Å². The van der Waals surface area contributed by atoms with Gasteiger partial charge in [0.05, 0.1) is 5.69 Å². The van der Waals surface area contributed by atoms with E-state index in [1.54, 1.807) is 6.07 Å². The van der Waals surface area contributed by atoms with E-state index in [0.717, 1.165) is 17.1 Å². The van der Waals surface area contributed by atoms with E-state index in [-0.39, 0.29) is 11.2 Å². The minimum Gasteiger partial charge on any atom is -0.506 e. The highest BCUT2D eigenvalue weighted by Crippen LogP contribution is 2.41. The average Bonchev–Trinajstić information content (AvgIpc) is 2.58. The zero-order chi connectivity index (χ0) is 17.2. The Labute approximate surface area is 144 Å². The van der Waals surface area contributed by atoms with Gasteiger partial charge in [0, 0.05) is 11.4 Å². The number of hydrogen-bond acceptors (Lipinski definition) is 2. The van der Waals surface area contributed by atoms with Gasteiger partial charge in [-0.05, 0) is 47.4 Å². The maximum atomic E-state index is 10.6. The summed E-state index contributed by atoms with van der Waals surface area (Å²) in [7, 11) is 0. The third kappa shape index (κ3) is 3.28. The van der Waals surface area contributed by atoms with Crippen LogP contribution in [0.5, 0.6) is 5.75 Å². The van der Waals surface area contributed by atoms with Crippen molar-refractivity contribution in [1.82, 2.24) is 0 Å². The fraction of sp³-hybridized carbons (Fsp3) is 0.182. The van der Waals surface area contributed by atoms with Crippen LogP contribution in [-0.4, -0.2) is 5.11 Å². The maximum absolute atomic E-state index is 10.6. The zero-order valence-electron chi connectivity index (χ0n) is 14.4. The number of nitrogens with zero attached hydrogens (tertiary/aromatic N) is 1. The molecule has 0 bridgehead atoms. The Morgan fingerprint density at radius 2 is 1.21 bits per heavy atom. The average molecular weight is 317 g/mol. The molecule has 3 aromatic carbocycles. The molecule has 0 saturated carbocycles. The van der Waals surface area contributed by atoms with Crippen LogP contribution in [0.25, 0.3) is 0 Å². The number of aromatic hydroxyl groups is 1. The van der Waals surface area contributed by atoms with Crippen LogP contribution < -0.4 is 4.90 Å². The molecule has 0 aliphatic heterocycles. The minimum atomic E-state index is 0.0154. The summed E-state index contributed by atoms with van der Waals surface area (Å²) in [5, 5.41) is 10.6. The van der Waals surface area contributed by atoms with Gasteiger partial charge in [0.1, 0.15) is 5.75 Å². The van der Waals surface area contributed by atoms with Gasteiger partial charge in [-0.3, -0.25) is 0 Å². The molecule has 0 unspecified atom stereocenters. The Balaban J connectivity index is 2.20. The quantitative estimate of drug-likeness (QED) is 0.625. The van der Waals surface area contributed by atoms with Crippen LogP contribution in [0.2, 0.25) is 0 Å². The molecule has 0 aliphatic rings. The summed E-state index contributed by atoms with van der Waals surface area (Å²) in [5.74, 6) is 0.274. The van der Waals surface area contributed by atoms with Crippen molar-refractivity contribution in [2.24, 2.45) is 0 Å². The summed E-state index contributed by atoms with van der Waals surface area (Å²) in [6.45, 7) is 6.54. The van der Waals surface area contributed by atoms with Crippen LogP contribution in [0, 0.1) is 0 Å². The molecule has 0 saturated heterocycles. The highest BCUT2D eigenvalue weighted by Gasteiger charge is 2.20. The van der Waals surface area contributed by atoms with Gasteiger partial charge in [-0.2, -0.15) is 0 Å². The molecular weight excluding hydrogens is 294 g/mol. The van der Waals surface area contributed by atoms with Crippen LogP contribution in [0.4, 0.5) is 17.1 Å². The lowest BCUT2D eigenvalue weighted by molar-refractivity contribution is 0.475. The number of benzene rings is 3. The first-order chi connectivity index (χ1) is 11.5. The third-order valence-electron chi connectivity index (χ3n) is 4.11. The van der Waals surface area contributed by atoms with E-state index in [4.69, 9.17) is 0 Å². The van der Waals surface area contributed by atoms with Gasteiger partial charge in [0.25, 0.3) is 0 Å². The van der Waals surface area contributed by atoms with E-state index >= 15 is 0 Å². The largest absolute Gasteiger partial charge is 0.506 e. The fourth-order valence-corrected chi connectivity index (χ4v) is 2.75. The molecule has 0 aliphatic carbocycles. The van der Waals surface area contributed by atoms with E-state index in [9.17, 15) is 5.11 Å². The second-order valence-electron chi connectivity index (χ2n) is 6.96. The molecule has 122 valence electrons. The van der Waals surface area contributed by atoms with Gasteiger partial charge in [-0.1, -0.05) is 63.2 Å². The molecule has 2 nitrogen and oxygen atoms in total. The lowest BCUT2D eigenvalue weighted by atomic mass is 9.86. The van der Waals surface area contributed by atoms with Gasteiger partial charge < -0.3 is 10.0 Å². The minimum absolute atomic E-state index is 0.0154. The predicted octanol–water partition coefficient (Wildman–Crippen LogP) is 6.16. The summed E-state index contributed by atoms with van der Waals surface area (Å²) in [5.41, 5.74) is 4.03. The number of phenols is 1. The van der Waals surface area contributed by atoms with Crippen LogP contribution in [-0.2, 0) is 5.41 Å². The van der Waals surface area contributed by atoms with Crippen molar-refractivity contribution in [3.63, 3.8) is 0 Å². The van der Waals surface area contributed by atoms with Crippen molar-refractivity contribution in [2.75, 3.05) is 4.90 Å². The van der Waals surface area contributed by atoms with Crippen LogP contribution in [0.15, 0.2) is 78.9 Å². The van der Waals surface area contributed by atoms with E-state index in [1.807, 2.05) is 42.5 Å². The predicted molar refractivity (Wildman–Crippen MR) is 101 cm³/mol. The Morgan fingerprint density at radius 3 is 1.67 bits per heavy atom. The molecular formula is C22H23NO. The number of phenolic OH excluding ortho intramolecular Hbond substituents is 1. The van der Waals surface area contributed by atoms with E-state index in [1.165, 1.54) is 5.56 Å². The fourth-order valence-electron chi connectivity index (χ4n) is 2.75. The van der Waals surface area contributed by atoms with Crippen molar-refractivity contribution in [2.45, 2.75) is 26.2 Å². The zero-order valence-corrected chi connectivity index (χ0v) is 14.4. The van der Waals surface area contributed by atoms with E-state index < -0.39 is 0 Å². The van der Waals surface area contributed by atoms with Crippen molar-refractivity contribution < 1.29 is 5.11 Å². The van der Waals surface area contributed by atoms with Gasteiger partial charge in [-0.25, -0.2) is 0 Å². The molecule has 24 heavy (non-hydrogen) atoms. The van der Waals surface area contributed by atoms with E-state index in [2.05, 4.69) is 56.0 Å². The highest BCUT2D eigenvalue weighted by molar-refractivity contribution is 5.80. The first kappa shape index (κ1) is 16.1. The molecule has 2 heteroatoms. The molecule has 0 atom stereocenters. The molecule has 0 heterocycles. The highest BCUT2D eigenvalue weighted by atomic mass is 16.3. The van der Waals surface area contributed by atoms with Gasteiger partial charge in [0.15, 0.2) is 0 Å². The SMILES string of the molecule is CC(C)(C)c1ccc(O)c(N(c2ccccc2)c2ccccc2)c1. The molecule has 1 N–H and O–H groups in total. The lowest BCUT2D eigenvalue weighted by Crippen LogP contribution is -2.14. The smallest absolute Gasteiger partial charge is 0.139 e. The molecule has 0 amide bonds.